The molecular formula is C13H18F3N. The molecule has 0 unspecified atom stereocenters. The van der Waals surface area contributed by atoms with Crippen LogP contribution in [0.1, 0.15) is 32.3 Å². The van der Waals surface area contributed by atoms with E-state index in [0.29, 0.717) is 18.8 Å². The van der Waals surface area contributed by atoms with Gasteiger partial charge in [-0.05, 0) is 25.0 Å². The van der Waals surface area contributed by atoms with Crippen molar-refractivity contribution >= 4 is 5.69 Å². The molecule has 1 rings (SSSR count). The number of hydrogen-bond donors (Lipinski definition) is 0. The SMILES string of the molecule is CCCN(CCC)c1ccccc1C(F)(F)F. The summed E-state index contributed by atoms with van der Waals surface area (Å²) in [5.41, 5.74) is -0.245. The van der Waals surface area contributed by atoms with Gasteiger partial charge in [-0.3, -0.25) is 0 Å². The number of rotatable bonds is 5. The number of anilines is 1. The molecule has 0 bridgehead atoms. The van der Waals surface area contributed by atoms with E-state index >= 15 is 0 Å². The van der Waals surface area contributed by atoms with E-state index in [2.05, 4.69) is 0 Å². The minimum atomic E-state index is -4.28. The van der Waals surface area contributed by atoms with Gasteiger partial charge in [0.15, 0.2) is 0 Å². The third-order valence-electron chi connectivity index (χ3n) is 2.54. The highest BCUT2D eigenvalue weighted by Gasteiger charge is 2.34. The Labute approximate surface area is 100 Å². The third-order valence-corrected chi connectivity index (χ3v) is 2.54. The molecule has 1 aromatic carbocycles. The minimum Gasteiger partial charge on any atom is -0.371 e. The van der Waals surface area contributed by atoms with Crippen LogP contribution in [-0.4, -0.2) is 13.1 Å². The van der Waals surface area contributed by atoms with Gasteiger partial charge in [-0.2, -0.15) is 13.2 Å². The van der Waals surface area contributed by atoms with Crippen molar-refractivity contribution in [2.45, 2.75) is 32.9 Å². The summed E-state index contributed by atoms with van der Waals surface area (Å²) in [7, 11) is 0. The van der Waals surface area contributed by atoms with E-state index in [9.17, 15) is 13.2 Å². The van der Waals surface area contributed by atoms with Gasteiger partial charge in [0.2, 0.25) is 0 Å². The molecule has 0 saturated carbocycles. The van der Waals surface area contributed by atoms with Crippen molar-refractivity contribution in [3.05, 3.63) is 29.8 Å². The maximum absolute atomic E-state index is 12.9. The maximum Gasteiger partial charge on any atom is 0.418 e. The van der Waals surface area contributed by atoms with Crippen LogP contribution < -0.4 is 4.90 Å². The molecule has 0 heterocycles. The highest BCUT2D eigenvalue weighted by Crippen LogP contribution is 2.36. The maximum atomic E-state index is 12.9. The number of para-hydroxylation sites is 1. The molecule has 1 aromatic rings. The lowest BCUT2D eigenvalue weighted by Crippen LogP contribution is -2.27. The first kappa shape index (κ1) is 13.9. The summed E-state index contributed by atoms with van der Waals surface area (Å²) in [6, 6.07) is 5.78. The van der Waals surface area contributed by atoms with Gasteiger partial charge in [-0.1, -0.05) is 26.0 Å². The van der Waals surface area contributed by atoms with Gasteiger partial charge in [0.25, 0.3) is 0 Å². The Kier molecular flexibility index (Phi) is 4.85. The third kappa shape index (κ3) is 3.65. The summed E-state index contributed by atoms with van der Waals surface area (Å²) in [5, 5.41) is 0. The second-order valence-corrected chi connectivity index (χ2v) is 4.00. The van der Waals surface area contributed by atoms with Gasteiger partial charge >= 0.3 is 6.18 Å². The molecule has 0 atom stereocenters. The Hall–Kier alpha value is -1.19. The highest BCUT2D eigenvalue weighted by molar-refractivity contribution is 5.54. The van der Waals surface area contributed by atoms with Crippen LogP contribution in [0.5, 0.6) is 0 Å². The van der Waals surface area contributed by atoms with Crippen LogP contribution in [0.15, 0.2) is 24.3 Å². The van der Waals surface area contributed by atoms with Crippen molar-refractivity contribution in [3.63, 3.8) is 0 Å². The molecule has 0 aliphatic rings. The summed E-state index contributed by atoms with van der Waals surface area (Å²) in [4.78, 5) is 1.81. The van der Waals surface area contributed by atoms with Crippen molar-refractivity contribution in [3.8, 4) is 0 Å². The largest absolute Gasteiger partial charge is 0.418 e. The van der Waals surface area contributed by atoms with Crippen LogP contribution in [0.25, 0.3) is 0 Å². The van der Waals surface area contributed by atoms with Gasteiger partial charge in [0.05, 0.1) is 5.56 Å². The molecule has 1 nitrogen and oxygen atoms in total. The van der Waals surface area contributed by atoms with Crippen molar-refractivity contribution in [1.82, 2.24) is 0 Å². The van der Waals surface area contributed by atoms with E-state index in [1.807, 2.05) is 18.7 Å². The average Bonchev–Trinajstić information content (AvgIpc) is 2.28. The van der Waals surface area contributed by atoms with E-state index in [1.165, 1.54) is 6.07 Å². The molecule has 0 amide bonds. The molecule has 0 saturated heterocycles. The van der Waals surface area contributed by atoms with Crippen molar-refractivity contribution < 1.29 is 13.2 Å². The summed E-state index contributed by atoms with van der Waals surface area (Å²) in [6.07, 6.45) is -2.60. The molecule has 0 fully saturated rings. The van der Waals surface area contributed by atoms with Crippen LogP contribution >= 0.6 is 0 Å². The monoisotopic (exact) mass is 245 g/mol. The molecule has 17 heavy (non-hydrogen) atoms. The first-order valence-corrected chi connectivity index (χ1v) is 5.91. The van der Waals surface area contributed by atoms with Crippen LogP contribution in [0.3, 0.4) is 0 Å². The lowest BCUT2D eigenvalue weighted by molar-refractivity contribution is -0.137. The molecule has 0 aliphatic heterocycles. The molecule has 0 radical (unpaired) electrons. The number of alkyl halides is 3. The van der Waals surface area contributed by atoms with Crippen LogP contribution in [0, 0.1) is 0 Å². The fourth-order valence-corrected chi connectivity index (χ4v) is 1.88. The predicted octanol–water partition coefficient (Wildman–Crippen LogP) is 4.33. The topological polar surface area (TPSA) is 3.24 Å². The lowest BCUT2D eigenvalue weighted by atomic mass is 10.1. The Balaban J connectivity index is 3.09. The second-order valence-electron chi connectivity index (χ2n) is 4.00. The van der Waals surface area contributed by atoms with Gasteiger partial charge < -0.3 is 4.90 Å². The van der Waals surface area contributed by atoms with Gasteiger partial charge in [0, 0.05) is 18.8 Å². The Morgan fingerprint density at radius 1 is 1.00 bits per heavy atom. The number of halogens is 3. The number of benzene rings is 1. The van der Waals surface area contributed by atoms with E-state index < -0.39 is 11.7 Å². The smallest absolute Gasteiger partial charge is 0.371 e. The summed E-state index contributed by atoms with van der Waals surface area (Å²) in [5.74, 6) is 0. The zero-order chi connectivity index (χ0) is 12.9. The zero-order valence-electron chi connectivity index (χ0n) is 10.2. The normalized spacial score (nSPS) is 11.6. The fourth-order valence-electron chi connectivity index (χ4n) is 1.88. The van der Waals surface area contributed by atoms with E-state index in [0.717, 1.165) is 18.9 Å². The predicted molar refractivity (Wildman–Crippen MR) is 64.2 cm³/mol. The standard InChI is InChI=1S/C13H18F3N/c1-3-9-17(10-4-2)12-8-6-5-7-11(12)13(14,15)16/h5-8H,3-4,9-10H2,1-2H3. The van der Waals surface area contributed by atoms with Crippen LogP contribution in [-0.2, 0) is 6.18 Å². The first-order chi connectivity index (χ1) is 8.00. The van der Waals surface area contributed by atoms with E-state index in [-0.39, 0.29) is 0 Å². The Morgan fingerprint density at radius 2 is 1.53 bits per heavy atom. The Morgan fingerprint density at radius 3 is 2.00 bits per heavy atom. The zero-order valence-corrected chi connectivity index (χ0v) is 10.2. The molecule has 0 N–H and O–H groups in total. The van der Waals surface area contributed by atoms with E-state index in [1.54, 1.807) is 12.1 Å². The van der Waals surface area contributed by atoms with Gasteiger partial charge in [0.1, 0.15) is 0 Å². The molecule has 0 spiro atoms. The first-order valence-electron chi connectivity index (χ1n) is 5.91. The molecule has 0 aliphatic carbocycles. The second kappa shape index (κ2) is 5.94. The Bertz CT molecular complexity index is 341. The summed E-state index contributed by atoms with van der Waals surface area (Å²) < 4.78 is 38.6. The molecular weight excluding hydrogens is 227 g/mol. The van der Waals surface area contributed by atoms with Crippen molar-refractivity contribution in [2.24, 2.45) is 0 Å². The molecule has 0 aromatic heterocycles. The minimum absolute atomic E-state index is 0.295. The lowest BCUT2D eigenvalue weighted by Gasteiger charge is -2.27. The van der Waals surface area contributed by atoms with Crippen LogP contribution in [0.2, 0.25) is 0 Å². The average molecular weight is 245 g/mol. The highest BCUT2D eigenvalue weighted by atomic mass is 19.4. The quantitative estimate of drug-likeness (QED) is 0.746. The number of hydrogen-bond acceptors (Lipinski definition) is 1. The van der Waals surface area contributed by atoms with E-state index in [4.69, 9.17) is 0 Å². The van der Waals surface area contributed by atoms with Crippen molar-refractivity contribution in [1.29, 1.82) is 0 Å². The molecule has 4 heteroatoms. The summed E-state index contributed by atoms with van der Waals surface area (Å²) >= 11 is 0. The van der Waals surface area contributed by atoms with Gasteiger partial charge in [-0.25, -0.2) is 0 Å². The van der Waals surface area contributed by atoms with Crippen molar-refractivity contribution in [2.75, 3.05) is 18.0 Å². The summed E-state index contributed by atoms with van der Waals surface area (Å²) in [6.45, 7) is 5.25. The fraction of sp³-hybridized carbons (Fsp3) is 0.538. The van der Waals surface area contributed by atoms with Crippen LogP contribution in [0.4, 0.5) is 18.9 Å². The number of nitrogens with zero attached hydrogens (tertiary/aromatic N) is 1. The molecule has 96 valence electrons. The van der Waals surface area contributed by atoms with Gasteiger partial charge in [-0.15, -0.1) is 0 Å².